The molecule has 1 aromatic rings. The molecule has 188 valence electrons. The van der Waals surface area contributed by atoms with Crippen LogP contribution < -0.4 is 0 Å². The minimum Gasteiger partial charge on any atom is -0.508 e. The molecule has 0 aromatic heterocycles. The van der Waals surface area contributed by atoms with E-state index in [0.717, 1.165) is 12.1 Å². The van der Waals surface area contributed by atoms with Gasteiger partial charge in [-0.05, 0) is 49.1 Å². The summed E-state index contributed by atoms with van der Waals surface area (Å²) in [5.41, 5.74) is -1.15. The van der Waals surface area contributed by atoms with Crippen molar-refractivity contribution in [2.24, 2.45) is 17.3 Å². The Hall–Kier alpha value is -2.98. The number of benzene rings is 1. The third-order valence-electron chi connectivity index (χ3n) is 7.23. The Morgan fingerprint density at radius 1 is 1.18 bits per heavy atom. The lowest BCUT2D eigenvalue weighted by molar-refractivity contribution is -0.757. The fraction of sp³-hybridized carbons (Fsp3) is 0.652. The number of phenols is 2. The van der Waals surface area contributed by atoms with E-state index in [1.54, 1.807) is 0 Å². The van der Waals surface area contributed by atoms with E-state index < -0.39 is 40.0 Å². The summed E-state index contributed by atoms with van der Waals surface area (Å²) < 4.78 is 34.0. The first-order chi connectivity index (χ1) is 15.9. The van der Waals surface area contributed by atoms with Crippen LogP contribution >= 0.6 is 0 Å². The zero-order chi connectivity index (χ0) is 25.3. The topological polar surface area (TPSA) is 136 Å². The summed E-state index contributed by atoms with van der Waals surface area (Å²) in [6, 6.07) is 1.49. The van der Waals surface area contributed by atoms with Gasteiger partial charge < -0.3 is 19.8 Å². The molecule has 4 rings (SSSR count). The fourth-order valence-electron chi connectivity index (χ4n) is 5.25. The Bertz CT molecular complexity index is 941. The number of fused-ring (bicyclic) bond motifs is 2. The van der Waals surface area contributed by atoms with Gasteiger partial charge in [-0.1, -0.05) is 20.3 Å². The predicted octanol–water partition coefficient (Wildman–Crippen LogP) is 4.22. The average molecular weight is 485 g/mol. The molecule has 0 heterocycles. The van der Waals surface area contributed by atoms with Gasteiger partial charge in [-0.3, -0.25) is 4.79 Å². The lowest BCUT2D eigenvalue weighted by Crippen LogP contribution is -2.56. The Labute approximate surface area is 195 Å². The summed E-state index contributed by atoms with van der Waals surface area (Å²) in [6.07, 6.45) is 2.46. The number of rotatable bonds is 11. The van der Waals surface area contributed by atoms with Gasteiger partial charge >= 0.3 is 11.9 Å². The van der Waals surface area contributed by atoms with Crippen molar-refractivity contribution in [3.8, 4) is 11.5 Å². The van der Waals surface area contributed by atoms with Crippen molar-refractivity contribution >= 4 is 11.8 Å². The van der Waals surface area contributed by atoms with Gasteiger partial charge in [0.25, 0.3) is 5.09 Å². The van der Waals surface area contributed by atoms with Gasteiger partial charge in [-0.25, -0.2) is 4.79 Å². The van der Waals surface area contributed by atoms with E-state index in [-0.39, 0.29) is 54.7 Å². The lowest BCUT2D eigenvalue weighted by Gasteiger charge is -2.59. The molecule has 34 heavy (non-hydrogen) atoms. The highest BCUT2D eigenvalue weighted by Gasteiger charge is 2.59. The normalized spacial score (nSPS) is 23.2. The number of esters is 1. The van der Waals surface area contributed by atoms with Crippen molar-refractivity contribution < 1.29 is 43.2 Å². The number of ether oxygens (including phenoxy) is 1. The maximum Gasteiger partial charge on any atom is 0.381 e. The minimum atomic E-state index is -4.10. The van der Waals surface area contributed by atoms with E-state index in [4.69, 9.17) is 0 Å². The van der Waals surface area contributed by atoms with Crippen LogP contribution in [0.2, 0.25) is 0 Å². The number of nitrogens with zero attached hydrogens (tertiary/aromatic N) is 1. The molecule has 3 saturated carbocycles. The molecule has 0 radical (unpaired) electrons. The Balaban J connectivity index is 1.60. The van der Waals surface area contributed by atoms with Crippen LogP contribution in [0.15, 0.2) is 12.1 Å². The molecule has 0 saturated heterocycles. The molecule has 9 nitrogen and oxygen atoms in total. The van der Waals surface area contributed by atoms with E-state index in [2.05, 4.69) is 9.57 Å². The largest absolute Gasteiger partial charge is 0.508 e. The standard InChI is InChI=1S/C23H29F2NO8/c1-22(2)15-12-16(22)17(27)11-14(15)20-18(28)9-13(10-19(20)29)23(24,25)21(30)33-7-5-3-4-6-8-34-26(31)32/h9-10,14-16,28-29H,3-8,11-12H2,1-2H3/t14-,15+,16+/m1/s1. The molecule has 2 bridgehead atoms. The molecule has 3 aliphatic carbocycles. The van der Waals surface area contributed by atoms with E-state index in [9.17, 15) is 38.7 Å². The molecule has 0 unspecified atom stereocenters. The maximum atomic E-state index is 14.7. The van der Waals surface area contributed by atoms with E-state index in [0.29, 0.717) is 25.7 Å². The molecule has 3 aliphatic rings. The van der Waals surface area contributed by atoms with Gasteiger partial charge in [0.15, 0.2) is 0 Å². The summed E-state index contributed by atoms with van der Waals surface area (Å²) >= 11 is 0. The number of ketones is 1. The summed E-state index contributed by atoms with van der Waals surface area (Å²) in [5.74, 6) is -7.59. The Morgan fingerprint density at radius 3 is 2.29 bits per heavy atom. The van der Waals surface area contributed by atoms with Crippen molar-refractivity contribution in [1.29, 1.82) is 0 Å². The molecular formula is C23H29F2NO8. The van der Waals surface area contributed by atoms with Crippen LogP contribution in [0.3, 0.4) is 0 Å². The number of carbonyl (C=O) groups excluding carboxylic acids is 2. The van der Waals surface area contributed by atoms with Gasteiger partial charge in [-0.15, -0.1) is 10.1 Å². The van der Waals surface area contributed by atoms with Crippen molar-refractivity contribution in [2.45, 2.75) is 64.2 Å². The second kappa shape index (κ2) is 9.71. The maximum absolute atomic E-state index is 14.7. The number of unbranched alkanes of at least 4 members (excludes halogenated alkanes) is 3. The number of aromatic hydroxyl groups is 2. The third kappa shape index (κ3) is 4.92. The quantitative estimate of drug-likeness (QED) is 0.206. The minimum absolute atomic E-state index is 0.0226. The Kier molecular flexibility index (Phi) is 7.32. The molecule has 11 heteroatoms. The van der Waals surface area contributed by atoms with Crippen LogP contribution in [-0.4, -0.2) is 40.3 Å². The van der Waals surface area contributed by atoms with E-state index >= 15 is 0 Å². The van der Waals surface area contributed by atoms with Crippen LogP contribution in [0.25, 0.3) is 0 Å². The number of carbonyl (C=O) groups is 2. The highest BCUT2D eigenvalue weighted by Crippen LogP contribution is 2.64. The first kappa shape index (κ1) is 25.6. The van der Waals surface area contributed by atoms with Gasteiger partial charge in [0.2, 0.25) is 0 Å². The van der Waals surface area contributed by atoms with Crippen LogP contribution in [0.4, 0.5) is 8.78 Å². The number of hydrogen-bond donors (Lipinski definition) is 2. The van der Waals surface area contributed by atoms with E-state index in [1.165, 1.54) is 0 Å². The molecular weight excluding hydrogens is 456 g/mol. The van der Waals surface area contributed by atoms with Gasteiger partial charge in [-0.2, -0.15) is 8.78 Å². The smallest absolute Gasteiger partial charge is 0.381 e. The number of Topliss-reactive ketones (excluding diaryl/α,β-unsaturated/α-hetero) is 1. The molecule has 3 fully saturated rings. The summed E-state index contributed by atoms with van der Waals surface area (Å²) in [7, 11) is 0. The van der Waals surface area contributed by atoms with Crippen molar-refractivity contribution in [3.05, 3.63) is 33.4 Å². The van der Waals surface area contributed by atoms with Crippen LogP contribution in [-0.2, 0) is 25.1 Å². The molecule has 0 amide bonds. The summed E-state index contributed by atoms with van der Waals surface area (Å²) in [5, 5.41) is 30.1. The first-order valence-corrected chi connectivity index (χ1v) is 11.3. The Morgan fingerprint density at radius 2 is 1.76 bits per heavy atom. The first-order valence-electron chi connectivity index (χ1n) is 11.3. The molecule has 0 aliphatic heterocycles. The monoisotopic (exact) mass is 485 g/mol. The summed E-state index contributed by atoms with van der Waals surface area (Å²) in [6.45, 7) is 3.55. The van der Waals surface area contributed by atoms with Crippen LogP contribution in [0.5, 0.6) is 11.5 Å². The van der Waals surface area contributed by atoms with Crippen LogP contribution in [0, 0.1) is 27.4 Å². The van der Waals surface area contributed by atoms with Gasteiger partial charge in [0.05, 0.1) is 13.2 Å². The number of phenolic OH excluding ortho intramolecular Hbond substituents is 2. The average Bonchev–Trinajstić information content (AvgIpc) is 2.73. The van der Waals surface area contributed by atoms with Gasteiger partial charge in [0, 0.05) is 29.4 Å². The van der Waals surface area contributed by atoms with E-state index in [1.807, 2.05) is 13.8 Å². The zero-order valence-electron chi connectivity index (χ0n) is 19.1. The van der Waals surface area contributed by atoms with Crippen molar-refractivity contribution in [1.82, 2.24) is 0 Å². The number of hydrogen-bond acceptors (Lipinski definition) is 8. The SMILES string of the molecule is CC1(C)[C@H]2C[C@H]1[C@H](c1c(O)cc(C(F)(F)C(=O)OCCCCCCO[N+](=O)[O-])cc1O)CC2=O. The second-order valence-corrected chi connectivity index (χ2v) is 9.60. The highest BCUT2D eigenvalue weighted by molar-refractivity contribution is 5.86. The predicted molar refractivity (Wildman–Crippen MR) is 114 cm³/mol. The van der Waals surface area contributed by atoms with Gasteiger partial charge in [0.1, 0.15) is 17.3 Å². The van der Waals surface area contributed by atoms with Crippen LogP contribution in [0.1, 0.15) is 69.4 Å². The molecule has 3 atom stereocenters. The highest BCUT2D eigenvalue weighted by atomic mass is 19.3. The summed E-state index contributed by atoms with van der Waals surface area (Å²) in [4.78, 5) is 38.6. The lowest BCUT2D eigenvalue weighted by atomic mass is 9.44. The zero-order valence-corrected chi connectivity index (χ0v) is 19.1. The van der Waals surface area contributed by atoms with Crippen molar-refractivity contribution in [3.63, 3.8) is 0 Å². The second-order valence-electron chi connectivity index (χ2n) is 9.60. The molecule has 1 aromatic carbocycles. The van der Waals surface area contributed by atoms with Crippen molar-refractivity contribution in [2.75, 3.05) is 13.2 Å². The third-order valence-corrected chi connectivity index (χ3v) is 7.23. The number of alkyl halides is 2. The molecule has 0 spiro atoms. The number of halogens is 2. The fourth-order valence-corrected chi connectivity index (χ4v) is 5.25. The molecule has 2 N–H and O–H groups in total.